The van der Waals surface area contributed by atoms with Crippen LogP contribution in [-0.4, -0.2) is 25.3 Å². The van der Waals surface area contributed by atoms with Crippen molar-refractivity contribution in [3.63, 3.8) is 0 Å². The summed E-state index contributed by atoms with van der Waals surface area (Å²) in [6, 6.07) is 3.19. The van der Waals surface area contributed by atoms with Gasteiger partial charge in [0.15, 0.2) is 0 Å². The Morgan fingerprint density at radius 2 is 2.18 bits per heavy atom. The van der Waals surface area contributed by atoms with Crippen LogP contribution in [-0.2, 0) is 4.74 Å². The zero-order chi connectivity index (χ0) is 12.6. The van der Waals surface area contributed by atoms with Crippen LogP contribution in [0.2, 0.25) is 0 Å². The highest BCUT2D eigenvalue weighted by Gasteiger charge is 2.28. The van der Waals surface area contributed by atoms with Gasteiger partial charge in [-0.1, -0.05) is 0 Å². The van der Waals surface area contributed by atoms with Crippen molar-refractivity contribution >= 4 is 34.0 Å². The SMILES string of the molecule is CC1(C)CN(c2cc(F)c(I)cc2N)CCO1. The number of nitrogen functional groups attached to an aromatic ring is 1. The second-order valence-corrected chi connectivity index (χ2v) is 6.02. The second-order valence-electron chi connectivity index (χ2n) is 4.85. The van der Waals surface area contributed by atoms with Crippen molar-refractivity contribution in [1.29, 1.82) is 0 Å². The zero-order valence-electron chi connectivity index (χ0n) is 9.96. The molecule has 0 aliphatic carbocycles. The largest absolute Gasteiger partial charge is 0.397 e. The zero-order valence-corrected chi connectivity index (χ0v) is 12.1. The second kappa shape index (κ2) is 4.61. The number of anilines is 2. The Hall–Kier alpha value is -0.560. The topological polar surface area (TPSA) is 38.5 Å². The van der Waals surface area contributed by atoms with E-state index in [-0.39, 0.29) is 11.4 Å². The van der Waals surface area contributed by atoms with Gasteiger partial charge in [0.1, 0.15) is 5.82 Å². The third-order valence-electron chi connectivity index (χ3n) is 2.84. The van der Waals surface area contributed by atoms with Gasteiger partial charge in [-0.2, -0.15) is 0 Å². The lowest BCUT2D eigenvalue weighted by Gasteiger charge is -2.39. The van der Waals surface area contributed by atoms with E-state index < -0.39 is 0 Å². The maximum absolute atomic E-state index is 13.6. The Bertz CT molecular complexity index is 437. The molecule has 1 aliphatic heterocycles. The van der Waals surface area contributed by atoms with E-state index in [4.69, 9.17) is 10.5 Å². The molecule has 0 aromatic heterocycles. The molecule has 1 aromatic rings. The number of nitrogens with two attached hydrogens (primary N) is 1. The lowest BCUT2D eigenvalue weighted by molar-refractivity contribution is -0.0276. The Morgan fingerprint density at radius 3 is 2.82 bits per heavy atom. The van der Waals surface area contributed by atoms with Gasteiger partial charge in [-0.05, 0) is 42.5 Å². The molecule has 0 saturated carbocycles. The Balaban J connectivity index is 2.31. The highest BCUT2D eigenvalue weighted by atomic mass is 127. The third-order valence-corrected chi connectivity index (χ3v) is 3.66. The first-order chi connectivity index (χ1) is 7.89. The van der Waals surface area contributed by atoms with E-state index in [1.807, 2.05) is 36.4 Å². The molecule has 1 aromatic carbocycles. The average molecular weight is 350 g/mol. The molecule has 1 fully saturated rings. The molecule has 3 nitrogen and oxygen atoms in total. The van der Waals surface area contributed by atoms with Gasteiger partial charge < -0.3 is 15.4 Å². The normalized spacial score (nSPS) is 19.4. The summed E-state index contributed by atoms with van der Waals surface area (Å²) in [6.07, 6.45) is 0. The summed E-state index contributed by atoms with van der Waals surface area (Å²) in [7, 11) is 0. The van der Waals surface area contributed by atoms with Crippen LogP contribution in [0.15, 0.2) is 12.1 Å². The lowest BCUT2D eigenvalue weighted by Crippen LogP contribution is -2.48. The summed E-state index contributed by atoms with van der Waals surface area (Å²) in [4.78, 5) is 2.08. The van der Waals surface area contributed by atoms with E-state index in [9.17, 15) is 4.39 Å². The molecular formula is C12H16FIN2O. The van der Waals surface area contributed by atoms with Crippen molar-refractivity contribution in [1.82, 2.24) is 0 Å². The fourth-order valence-corrected chi connectivity index (χ4v) is 2.54. The van der Waals surface area contributed by atoms with Crippen LogP contribution < -0.4 is 10.6 Å². The van der Waals surface area contributed by atoms with Crippen LogP contribution in [0.3, 0.4) is 0 Å². The molecule has 2 N–H and O–H groups in total. The van der Waals surface area contributed by atoms with Crippen LogP contribution in [0.5, 0.6) is 0 Å². The van der Waals surface area contributed by atoms with Crippen LogP contribution >= 0.6 is 22.6 Å². The first kappa shape index (κ1) is 12.9. The molecule has 0 unspecified atom stereocenters. The summed E-state index contributed by atoms with van der Waals surface area (Å²) in [5.74, 6) is -0.223. The fourth-order valence-electron chi connectivity index (χ4n) is 2.05. The van der Waals surface area contributed by atoms with Gasteiger partial charge in [-0.25, -0.2) is 4.39 Å². The summed E-state index contributed by atoms with van der Waals surface area (Å²) in [6.45, 7) is 6.15. The maximum atomic E-state index is 13.6. The van der Waals surface area contributed by atoms with Gasteiger partial charge in [-0.3, -0.25) is 0 Å². The van der Waals surface area contributed by atoms with E-state index in [1.165, 1.54) is 6.07 Å². The predicted octanol–water partition coefficient (Wildman–Crippen LogP) is 2.63. The number of ether oxygens (including phenoxy) is 1. The van der Waals surface area contributed by atoms with Gasteiger partial charge in [0.25, 0.3) is 0 Å². The van der Waals surface area contributed by atoms with Crippen molar-refractivity contribution in [3.05, 3.63) is 21.5 Å². The van der Waals surface area contributed by atoms with Crippen LogP contribution in [0.4, 0.5) is 15.8 Å². The third kappa shape index (κ3) is 2.82. The highest BCUT2D eigenvalue weighted by molar-refractivity contribution is 14.1. The van der Waals surface area contributed by atoms with E-state index in [0.717, 1.165) is 18.8 Å². The van der Waals surface area contributed by atoms with Gasteiger partial charge in [0.05, 0.1) is 27.2 Å². The van der Waals surface area contributed by atoms with Crippen molar-refractivity contribution in [3.8, 4) is 0 Å². The Kier molecular flexibility index (Phi) is 3.49. The Labute approximate surface area is 114 Å². The molecule has 94 valence electrons. The van der Waals surface area contributed by atoms with Gasteiger partial charge in [-0.15, -0.1) is 0 Å². The Morgan fingerprint density at radius 1 is 1.47 bits per heavy atom. The average Bonchev–Trinajstić information content (AvgIpc) is 2.22. The van der Waals surface area contributed by atoms with Crippen molar-refractivity contribution < 1.29 is 9.13 Å². The minimum Gasteiger partial charge on any atom is -0.397 e. The number of nitrogens with zero attached hydrogens (tertiary/aromatic N) is 1. The van der Waals surface area contributed by atoms with Gasteiger partial charge >= 0.3 is 0 Å². The van der Waals surface area contributed by atoms with Crippen LogP contribution in [0.25, 0.3) is 0 Å². The number of halogens is 2. The van der Waals surface area contributed by atoms with Crippen molar-refractivity contribution in [2.24, 2.45) is 0 Å². The first-order valence-electron chi connectivity index (χ1n) is 5.52. The molecule has 17 heavy (non-hydrogen) atoms. The van der Waals surface area contributed by atoms with Gasteiger partial charge in [0, 0.05) is 19.2 Å². The van der Waals surface area contributed by atoms with Crippen LogP contribution in [0.1, 0.15) is 13.8 Å². The number of rotatable bonds is 1. The molecule has 2 rings (SSSR count). The lowest BCUT2D eigenvalue weighted by atomic mass is 10.1. The maximum Gasteiger partial charge on any atom is 0.138 e. The predicted molar refractivity (Wildman–Crippen MR) is 75.8 cm³/mol. The summed E-state index contributed by atoms with van der Waals surface area (Å²) >= 11 is 1.95. The molecule has 0 amide bonds. The number of morpholine rings is 1. The molecule has 0 atom stereocenters. The fraction of sp³-hybridized carbons (Fsp3) is 0.500. The van der Waals surface area contributed by atoms with Crippen molar-refractivity contribution in [2.75, 3.05) is 30.3 Å². The molecular weight excluding hydrogens is 334 g/mol. The minimum absolute atomic E-state index is 0.218. The molecule has 5 heteroatoms. The highest BCUT2D eigenvalue weighted by Crippen LogP contribution is 2.30. The van der Waals surface area contributed by atoms with E-state index in [2.05, 4.69) is 4.90 Å². The summed E-state index contributed by atoms with van der Waals surface area (Å²) in [5, 5.41) is 0. The number of hydrogen-bond acceptors (Lipinski definition) is 3. The van der Waals surface area contributed by atoms with E-state index in [0.29, 0.717) is 15.9 Å². The minimum atomic E-state index is -0.223. The standard InChI is InChI=1S/C12H16FIN2O/c1-12(2)7-16(3-4-17-12)11-5-8(13)9(14)6-10(11)15/h5-6H,3-4,7,15H2,1-2H3. The molecule has 1 aliphatic rings. The first-order valence-corrected chi connectivity index (χ1v) is 6.60. The molecule has 0 bridgehead atoms. The molecule has 1 saturated heterocycles. The smallest absolute Gasteiger partial charge is 0.138 e. The number of benzene rings is 1. The molecule has 0 radical (unpaired) electrons. The van der Waals surface area contributed by atoms with E-state index in [1.54, 1.807) is 6.07 Å². The monoisotopic (exact) mass is 350 g/mol. The molecule has 1 heterocycles. The van der Waals surface area contributed by atoms with Gasteiger partial charge in [0.2, 0.25) is 0 Å². The van der Waals surface area contributed by atoms with Crippen LogP contribution in [0, 0.1) is 9.39 Å². The summed E-state index contributed by atoms with van der Waals surface area (Å²) < 4.78 is 19.8. The number of hydrogen-bond donors (Lipinski definition) is 1. The van der Waals surface area contributed by atoms with E-state index >= 15 is 0 Å². The quantitative estimate of drug-likeness (QED) is 0.625. The van der Waals surface area contributed by atoms with Crippen molar-refractivity contribution in [2.45, 2.75) is 19.4 Å². The summed E-state index contributed by atoms with van der Waals surface area (Å²) in [5.41, 5.74) is 7.12. The molecule has 0 spiro atoms.